The van der Waals surface area contributed by atoms with E-state index in [4.69, 9.17) is 9.47 Å². The summed E-state index contributed by atoms with van der Waals surface area (Å²) in [6.07, 6.45) is 1.47. The second kappa shape index (κ2) is 10.9. The Balaban J connectivity index is 1.65. The molecular weight excluding hydrogens is 598 g/mol. The maximum absolute atomic E-state index is 13.0. The van der Waals surface area contributed by atoms with E-state index in [-0.39, 0.29) is 17.9 Å². The van der Waals surface area contributed by atoms with Crippen molar-refractivity contribution in [2.24, 2.45) is 0 Å². The van der Waals surface area contributed by atoms with Gasteiger partial charge in [-0.3, -0.25) is 25.1 Å². The number of hydrogen-bond acceptors (Lipinski definition) is 6. The highest BCUT2D eigenvalue weighted by Gasteiger charge is 2.34. The molecule has 0 atom stereocenters. The lowest BCUT2D eigenvalue weighted by Crippen LogP contribution is -2.35. The van der Waals surface area contributed by atoms with Crippen molar-refractivity contribution in [1.82, 2.24) is 5.43 Å². The lowest BCUT2D eigenvalue weighted by molar-refractivity contribution is -0.384. The molecule has 1 aliphatic heterocycles. The Hall–Kier alpha value is -3.70. The van der Waals surface area contributed by atoms with Gasteiger partial charge in [0.15, 0.2) is 11.5 Å². The molecule has 3 aromatic rings. The number of halogens is 2. The summed E-state index contributed by atoms with van der Waals surface area (Å²) < 4.78 is 12.8. The number of nitrogens with one attached hydrogen (secondary N) is 1. The van der Waals surface area contributed by atoms with Gasteiger partial charge >= 0.3 is 0 Å². The van der Waals surface area contributed by atoms with Crippen molar-refractivity contribution in [3.63, 3.8) is 0 Å². The quantitative estimate of drug-likeness (QED) is 0.154. The van der Waals surface area contributed by atoms with Crippen LogP contribution in [0.2, 0.25) is 0 Å². The highest BCUT2D eigenvalue weighted by molar-refractivity contribution is 9.13. The van der Waals surface area contributed by atoms with E-state index in [2.05, 4.69) is 37.3 Å². The lowest BCUT2D eigenvalue weighted by atomic mass is 10.1. The average molecular weight is 617 g/mol. The van der Waals surface area contributed by atoms with Crippen molar-refractivity contribution in [2.75, 3.05) is 11.6 Å². The van der Waals surface area contributed by atoms with E-state index in [1.165, 1.54) is 23.2 Å². The molecule has 1 fully saturated rings. The molecule has 4 rings (SSSR count). The molecule has 1 N–H and O–H groups in total. The number of non-ortho nitro benzene ring substituents is 1. The third-order valence-electron chi connectivity index (χ3n) is 5.17. The summed E-state index contributed by atoms with van der Waals surface area (Å²) in [5.41, 5.74) is 4.16. The second-order valence-corrected chi connectivity index (χ2v) is 9.13. The van der Waals surface area contributed by atoms with Gasteiger partial charge in [-0.05, 0) is 74.2 Å². The van der Waals surface area contributed by atoms with E-state index < -0.39 is 16.7 Å². The van der Waals surface area contributed by atoms with Crippen LogP contribution in [-0.4, -0.2) is 23.3 Å². The highest BCUT2D eigenvalue weighted by Crippen LogP contribution is 2.44. The van der Waals surface area contributed by atoms with Gasteiger partial charge < -0.3 is 9.47 Å². The molecule has 11 heteroatoms. The van der Waals surface area contributed by atoms with Crippen LogP contribution in [0.3, 0.4) is 0 Å². The monoisotopic (exact) mass is 615 g/mol. The predicted octanol–water partition coefficient (Wildman–Crippen LogP) is 5.56. The van der Waals surface area contributed by atoms with E-state index in [0.717, 1.165) is 0 Å². The van der Waals surface area contributed by atoms with Crippen molar-refractivity contribution < 1.29 is 24.0 Å². The molecule has 0 saturated carbocycles. The number of nitro groups is 1. The minimum absolute atomic E-state index is 0.0348. The zero-order chi connectivity index (χ0) is 25.8. The molecule has 9 nitrogen and oxygen atoms in total. The van der Waals surface area contributed by atoms with Crippen molar-refractivity contribution in [1.29, 1.82) is 0 Å². The first kappa shape index (κ1) is 25.4. The Morgan fingerprint density at radius 1 is 1.03 bits per heavy atom. The number of ether oxygens (including phenoxy) is 2. The van der Waals surface area contributed by atoms with Crippen LogP contribution in [0.15, 0.2) is 75.2 Å². The Morgan fingerprint density at radius 2 is 1.78 bits per heavy atom. The minimum atomic E-state index is -0.532. The topological polar surface area (TPSA) is 111 Å². The number of carbonyl (C=O) groups is 2. The molecule has 1 aliphatic rings. The third-order valence-corrected chi connectivity index (χ3v) is 7.31. The molecule has 1 saturated heterocycles. The van der Waals surface area contributed by atoms with Crippen molar-refractivity contribution in [3.8, 4) is 11.5 Å². The van der Waals surface area contributed by atoms with Crippen LogP contribution in [-0.2, 0) is 16.2 Å². The van der Waals surface area contributed by atoms with Crippen LogP contribution < -0.4 is 19.9 Å². The number of nitrogens with zero attached hydrogens (tertiary/aromatic N) is 2. The van der Waals surface area contributed by atoms with E-state index in [1.54, 1.807) is 42.5 Å². The van der Waals surface area contributed by atoms with E-state index >= 15 is 0 Å². The first-order valence-corrected chi connectivity index (χ1v) is 12.3. The Morgan fingerprint density at radius 3 is 2.47 bits per heavy atom. The fourth-order valence-electron chi connectivity index (χ4n) is 3.49. The number of hydrogen-bond donors (Lipinski definition) is 1. The number of hydrazine groups is 1. The molecule has 0 radical (unpaired) electrons. The summed E-state index contributed by atoms with van der Waals surface area (Å²) in [6, 6.07) is 16.6. The summed E-state index contributed by atoms with van der Waals surface area (Å²) in [7, 11) is 0. The maximum atomic E-state index is 13.0. The van der Waals surface area contributed by atoms with Crippen LogP contribution in [0.5, 0.6) is 11.5 Å². The zero-order valence-corrected chi connectivity index (χ0v) is 22.0. The summed E-state index contributed by atoms with van der Waals surface area (Å²) in [6.45, 7) is 2.20. The van der Waals surface area contributed by atoms with Crippen molar-refractivity contribution in [3.05, 3.63) is 96.4 Å². The summed E-state index contributed by atoms with van der Waals surface area (Å²) in [5, 5.41) is 12.3. The molecule has 0 aliphatic carbocycles. The van der Waals surface area contributed by atoms with Crippen LogP contribution in [0.25, 0.3) is 6.08 Å². The SMILES string of the molecule is CCOc1cc(/C=C2/C(=O)NN(c3ccccc3)C2=O)c(Br)c(Br)c1OCc1cccc([N+](=O)[O-])c1. The fourth-order valence-corrected chi connectivity index (χ4v) is 4.44. The van der Waals surface area contributed by atoms with Gasteiger partial charge in [0.2, 0.25) is 0 Å². The van der Waals surface area contributed by atoms with Crippen LogP contribution in [0.1, 0.15) is 18.1 Å². The highest BCUT2D eigenvalue weighted by atomic mass is 79.9. The fraction of sp³-hybridized carbons (Fsp3) is 0.120. The van der Waals surface area contributed by atoms with Crippen LogP contribution in [0.4, 0.5) is 11.4 Å². The number of anilines is 1. The van der Waals surface area contributed by atoms with E-state index in [1.807, 2.05) is 13.0 Å². The summed E-state index contributed by atoms with van der Waals surface area (Å²) >= 11 is 7.01. The van der Waals surface area contributed by atoms with Crippen LogP contribution in [0, 0.1) is 10.1 Å². The van der Waals surface area contributed by atoms with Gasteiger partial charge in [0, 0.05) is 16.6 Å². The second-order valence-electron chi connectivity index (χ2n) is 7.54. The van der Waals surface area contributed by atoms with Gasteiger partial charge in [-0.1, -0.05) is 30.3 Å². The number of amides is 2. The number of rotatable bonds is 8. The molecular formula is C25H19Br2N3O6. The third kappa shape index (κ3) is 5.26. The Labute approximate surface area is 223 Å². The largest absolute Gasteiger partial charge is 0.490 e. The smallest absolute Gasteiger partial charge is 0.282 e. The van der Waals surface area contributed by atoms with Gasteiger partial charge in [0.05, 0.1) is 21.7 Å². The standard InChI is InChI=1S/C25H19Br2N3O6/c1-2-35-20-13-16(12-19-24(31)28-29(25(19)32)17-8-4-3-5-9-17)21(26)22(27)23(20)36-14-15-7-6-10-18(11-15)30(33)34/h3-13H,2,14H2,1H3,(H,28,31)/b19-12-. The maximum Gasteiger partial charge on any atom is 0.282 e. The number of benzene rings is 3. The Kier molecular flexibility index (Phi) is 7.70. The molecule has 2 amide bonds. The first-order chi connectivity index (χ1) is 17.3. The normalized spacial score (nSPS) is 14.2. The molecule has 0 aromatic heterocycles. The molecule has 0 spiro atoms. The predicted molar refractivity (Wildman–Crippen MR) is 140 cm³/mol. The summed E-state index contributed by atoms with van der Waals surface area (Å²) in [4.78, 5) is 36.2. The number of nitro benzene ring substituents is 1. The van der Waals surface area contributed by atoms with Crippen molar-refractivity contribution >= 4 is 61.1 Å². The lowest BCUT2D eigenvalue weighted by Gasteiger charge is -2.17. The summed E-state index contributed by atoms with van der Waals surface area (Å²) in [5.74, 6) is -0.282. The molecule has 3 aromatic carbocycles. The van der Waals surface area contributed by atoms with E-state index in [9.17, 15) is 19.7 Å². The Bertz CT molecular complexity index is 1380. The van der Waals surface area contributed by atoms with Gasteiger partial charge in [0.1, 0.15) is 12.2 Å². The van der Waals surface area contributed by atoms with Crippen molar-refractivity contribution in [2.45, 2.75) is 13.5 Å². The first-order valence-electron chi connectivity index (χ1n) is 10.7. The van der Waals surface area contributed by atoms with Gasteiger partial charge in [0.25, 0.3) is 17.5 Å². The minimum Gasteiger partial charge on any atom is -0.490 e. The number of para-hydroxylation sites is 1. The average Bonchev–Trinajstić information content (AvgIpc) is 3.16. The molecule has 184 valence electrons. The number of carbonyl (C=O) groups excluding carboxylic acids is 2. The molecule has 1 heterocycles. The molecule has 0 unspecified atom stereocenters. The van der Waals surface area contributed by atoms with Crippen LogP contribution >= 0.6 is 31.9 Å². The van der Waals surface area contributed by atoms with Gasteiger partial charge in [-0.25, -0.2) is 5.01 Å². The zero-order valence-electron chi connectivity index (χ0n) is 18.9. The van der Waals surface area contributed by atoms with E-state index in [0.29, 0.717) is 43.9 Å². The van der Waals surface area contributed by atoms with Gasteiger partial charge in [-0.2, -0.15) is 0 Å². The molecule has 0 bridgehead atoms. The van der Waals surface area contributed by atoms with Gasteiger partial charge in [-0.15, -0.1) is 0 Å². The molecule has 36 heavy (non-hydrogen) atoms.